The van der Waals surface area contributed by atoms with Crippen molar-refractivity contribution in [3.05, 3.63) is 44.8 Å². The van der Waals surface area contributed by atoms with Crippen molar-refractivity contribution in [3.8, 4) is 11.5 Å². The average molecular weight is 393 g/mol. The van der Waals surface area contributed by atoms with Crippen LogP contribution in [-0.4, -0.2) is 28.9 Å². The summed E-state index contributed by atoms with van der Waals surface area (Å²) in [5, 5.41) is 4.56. The Hall–Kier alpha value is -2.54. The fourth-order valence-corrected chi connectivity index (χ4v) is 2.53. The Balaban J connectivity index is 2.23. The number of ether oxygens (including phenoxy) is 2. The average Bonchev–Trinajstić information content (AvgIpc) is 2.57. The summed E-state index contributed by atoms with van der Waals surface area (Å²) in [6, 6.07) is 4.99. The first-order valence-corrected chi connectivity index (χ1v) is 9.21. The summed E-state index contributed by atoms with van der Waals surface area (Å²) in [6.45, 7) is 10.1. The number of hydrogen-bond acceptors (Lipinski definition) is 6. The van der Waals surface area contributed by atoms with Crippen LogP contribution in [0.5, 0.6) is 11.5 Å². The van der Waals surface area contributed by atoms with E-state index in [4.69, 9.17) is 21.1 Å². The molecule has 1 aromatic heterocycles. The van der Waals surface area contributed by atoms with Crippen molar-refractivity contribution in [2.45, 2.75) is 46.6 Å². The topological polar surface area (TPSA) is 88.6 Å². The monoisotopic (exact) mass is 392 g/mol. The molecule has 0 saturated heterocycles. The van der Waals surface area contributed by atoms with E-state index in [1.807, 2.05) is 34.6 Å². The molecule has 0 radical (unpaired) electrons. The van der Waals surface area contributed by atoms with E-state index in [0.717, 1.165) is 5.56 Å². The number of rotatable bonds is 8. The first kappa shape index (κ1) is 20.8. The lowest BCUT2D eigenvalue weighted by atomic mass is 10.1. The van der Waals surface area contributed by atoms with Crippen LogP contribution in [0.15, 0.2) is 28.1 Å². The van der Waals surface area contributed by atoms with E-state index in [1.165, 1.54) is 6.07 Å². The molecule has 0 aliphatic carbocycles. The number of H-pyrrole nitrogens is 1. The quantitative estimate of drug-likeness (QED) is 0.519. The second-order valence-corrected chi connectivity index (χ2v) is 6.88. The molecule has 0 unspecified atom stereocenters. The molecule has 1 aromatic carbocycles. The van der Waals surface area contributed by atoms with Gasteiger partial charge in [-0.15, -0.1) is 0 Å². The fourth-order valence-electron chi connectivity index (χ4n) is 2.27. The number of hydrogen-bond donors (Lipinski definition) is 2. The predicted octanol–water partition coefficient (Wildman–Crippen LogP) is 4.18. The highest BCUT2D eigenvalue weighted by atomic mass is 35.5. The summed E-state index contributed by atoms with van der Waals surface area (Å²) in [6.07, 6.45) is 1.54. The van der Waals surface area contributed by atoms with E-state index in [9.17, 15) is 4.79 Å². The van der Waals surface area contributed by atoms with Crippen molar-refractivity contribution in [2.24, 2.45) is 5.10 Å². The zero-order chi connectivity index (χ0) is 20.0. The molecular weight excluding hydrogens is 368 g/mol. The number of aromatic nitrogens is 2. The van der Waals surface area contributed by atoms with Gasteiger partial charge in [0.1, 0.15) is 0 Å². The molecule has 0 aliphatic heterocycles. The lowest BCUT2D eigenvalue weighted by Crippen LogP contribution is -2.12. The third kappa shape index (κ3) is 5.99. The van der Waals surface area contributed by atoms with Crippen molar-refractivity contribution < 1.29 is 9.47 Å². The minimum absolute atomic E-state index is 0.0287. The second kappa shape index (κ2) is 9.41. The normalized spacial score (nSPS) is 11.4. The molecule has 2 N–H and O–H groups in total. The molecule has 0 spiro atoms. The number of hydrazone groups is 1. The number of anilines is 1. The van der Waals surface area contributed by atoms with Gasteiger partial charge in [0.05, 0.1) is 29.6 Å². The van der Waals surface area contributed by atoms with E-state index in [-0.39, 0.29) is 23.5 Å². The Morgan fingerprint density at radius 1 is 1.30 bits per heavy atom. The van der Waals surface area contributed by atoms with Crippen molar-refractivity contribution in [2.75, 3.05) is 12.0 Å². The van der Waals surface area contributed by atoms with Gasteiger partial charge in [0, 0.05) is 6.07 Å². The Labute approximate surface area is 163 Å². The summed E-state index contributed by atoms with van der Waals surface area (Å²) in [7, 11) is 0. The van der Waals surface area contributed by atoms with Gasteiger partial charge in [0.25, 0.3) is 5.56 Å². The first-order valence-electron chi connectivity index (χ1n) is 8.83. The van der Waals surface area contributed by atoms with Crippen molar-refractivity contribution >= 4 is 23.8 Å². The third-order valence-corrected chi connectivity index (χ3v) is 3.70. The highest BCUT2D eigenvalue weighted by Crippen LogP contribution is 2.37. The van der Waals surface area contributed by atoms with Gasteiger partial charge in [-0.2, -0.15) is 5.10 Å². The maximum atomic E-state index is 11.7. The van der Waals surface area contributed by atoms with Crippen LogP contribution < -0.4 is 20.5 Å². The zero-order valence-corrected chi connectivity index (χ0v) is 16.9. The second-order valence-electron chi connectivity index (χ2n) is 6.47. The van der Waals surface area contributed by atoms with Crippen LogP contribution >= 0.6 is 11.6 Å². The molecule has 0 saturated carbocycles. The van der Waals surface area contributed by atoms with Gasteiger partial charge in [0.15, 0.2) is 11.5 Å². The molecule has 27 heavy (non-hydrogen) atoms. The predicted molar refractivity (Wildman–Crippen MR) is 109 cm³/mol. The summed E-state index contributed by atoms with van der Waals surface area (Å²) >= 11 is 6.34. The number of nitrogens with one attached hydrogen (secondary N) is 2. The molecule has 0 bridgehead atoms. The maximum absolute atomic E-state index is 11.7. The minimum atomic E-state index is -0.233. The summed E-state index contributed by atoms with van der Waals surface area (Å²) in [5.41, 5.74) is 3.91. The largest absolute Gasteiger partial charge is 0.490 e. The minimum Gasteiger partial charge on any atom is -0.490 e. The van der Waals surface area contributed by atoms with Gasteiger partial charge in [-0.25, -0.2) is 10.4 Å². The number of halogens is 1. The van der Waals surface area contributed by atoms with Crippen LogP contribution in [0.2, 0.25) is 5.02 Å². The Kier molecular flexibility index (Phi) is 7.24. The zero-order valence-electron chi connectivity index (χ0n) is 16.2. The standard InChI is InChI=1S/C19H25ClN4O3/c1-6-26-16-8-13(7-14(20)18(16)27-12(4)5)10-21-24-19-22-15(11(2)3)9-17(25)23-19/h7-12H,6H2,1-5H3,(H2,22,23,24,25)/b21-10-. The van der Waals surface area contributed by atoms with Crippen LogP contribution in [0, 0.1) is 0 Å². The molecule has 0 aliphatic rings. The summed E-state index contributed by atoms with van der Waals surface area (Å²) in [5.74, 6) is 1.47. The highest BCUT2D eigenvalue weighted by Gasteiger charge is 2.13. The number of nitrogens with zero attached hydrogens (tertiary/aromatic N) is 2. The van der Waals surface area contributed by atoms with E-state index in [1.54, 1.807) is 18.3 Å². The van der Waals surface area contributed by atoms with E-state index in [2.05, 4.69) is 20.5 Å². The van der Waals surface area contributed by atoms with E-state index in [0.29, 0.717) is 28.8 Å². The molecule has 0 atom stereocenters. The molecule has 8 heteroatoms. The molecule has 146 valence electrons. The van der Waals surface area contributed by atoms with Crippen LogP contribution in [0.25, 0.3) is 0 Å². The fraction of sp³-hybridized carbons (Fsp3) is 0.421. The van der Waals surface area contributed by atoms with Gasteiger partial charge in [0.2, 0.25) is 5.95 Å². The Morgan fingerprint density at radius 3 is 2.67 bits per heavy atom. The van der Waals surface area contributed by atoms with Crippen LogP contribution in [0.1, 0.15) is 51.8 Å². The Bertz CT molecular complexity index is 863. The molecule has 2 rings (SSSR count). The van der Waals surface area contributed by atoms with Gasteiger partial charge < -0.3 is 9.47 Å². The summed E-state index contributed by atoms with van der Waals surface area (Å²) in [4.78, 5) is 18.6. The molecular formula is C19H25ClN4O3. The number of benzene rings is 1. The van der Waals surface area contributed by atoms with Crippen LogP contribution in [0.3, 0.4) is 0 Å². The lowest BCUT2D eigenvalue weighted by molar-refractivity contribution is 0.224. The molecule has 1 heterocycles. The highest BCUT2D eigenvalue weighted by molar-refractivity contribution is 6.32. The van der Waals surface area contributed by atoms with Crippen LogP contribution in [-0.2, 0) is 0 Å². The van der Waals surface area contributed by atoms with Gasteiger partial charge in [-0.05, 0) is 44.4 Å². The lowest BCUT2D eigenvalue weighted by Gasteiger charge is -2.16. The SMILES string of the molecule is CCOc1cc(/C=N\Nc2nc(C(C)C)cc(=O)[nH]2)cc(Cl)c1OC(C)C. The van der Waals surface area contributed by atoms with Gasteiger partial charge in [-0.3, -0.25) is 9.78 Å². The van der Waals surface area contributed by atoms with Crippen molar-refractivity contribution in [3.63, 3.8) is 0 Å². The molecule has 0 fully saturated rings. The summed E-state index contributed by atoms with van der Waals surface area (Å²) < 4.78 is 11.4. The van der Waals surface area contributed by atoms with Gasteiger partial charge >= 0.3 is 0 Å². The third-order valence-electron chi connectivity index (χ3n) is 3.42. The van der Waals surface area contributed by atoms with Crippen LogP contribution in [0.4, 0.5) is 5.95 Å². The molecule has 0 amide bonds. The van der Waals surface area contributed by atoms with E-state index < -0.39 is 0 Å². The maximum Gasteiger partial charge on any atom is 0.252 e. The van der Waals surface area contributed by atoms with Gasteiger partial charge in [-0.1, -0.05) is 25.4 Å². The smallest absolute Gasteiger partial charge is 0.252 e. The van der Waals surface area contributed by atoms with Crippen molar-refractivity contribution in [1.29, 1.82) is 0 Å². The Morgan fingerprint density at radius 2 is 2.04 bits per heavy atom. The van der Waals surface area contributed by atoms with E-state index >= 15 is 0 Å². The molecule has 7 nitrogen and oxygen atoms in total. The molecule has 2 aromatic rings. The number of aromatic amines is 1. The first-order chi connectivity index (χ1) is 12.8. The van der Waals surface area contributed by atoms with Crippen molar-refractivity contribution in [1.82, 2.24) is 9.97 Å².